The number of sulfone groups is 1. The van der Waals surface area contributed by atoms with Crippen LogP contribution in [0.2, 0.25) is 0 Å². The standard InChI is InChI=1S/C12H15NO5S/c1-7-4-5-9(19(3,16)17)6-10(7)12(15)18-8(2)11(13)14/h4-6,8H,1-3H3,(H2,13,14)/t8-/m1/s1. The molecule has 0 aliphatic carbocycles. The van der Waals surface area contributed by atoms with Crippen molar-refractivity contribution in [2.24, 2.45) is 5.73 Å². The number of esters is 1. The highest BCUT2D eigenvalue weighted by molar-refractivity contribution is 7.90. The molecule has 0 unspecified atom stereocenters. The lowest BCUT2D eigenvalue weighted by atomic mass is 10.1. The Kier molecular flexibility index (Phi) is 4.31. The van der Waals surface area contributed by atoms with Gasteiger partial charge in [-0.05, 0) is 31.5 Å². The molecule has 1 rings (SSSR count). The van der Waals surface area contributed by atoms with E-state index in [9.17, 15) is 18.0 Å². The fraction of sp³-hybridized carbons (Fsp3) is 0.333. The number of hydrogen-bond donors (Lipinski definition) is 1. The first kappa shape index (κ1) is 15.2. The summed E-state index contributed by atoms with van der Waals surface area (Å²) in [4.78, 5) is 22.7. The van der Waals surface area contributed by atoms with Crippen LogP contribution in [0.4, 0.5) is 0 Å². The molecule has 0 aromatic heterocycles. The van der Waals surface area contributed by atoms with E-state index < -0.39 is 27.8 Å². The summed E-state index contributed by atoms with van der Waals surface area (Å²) in [6, 6.07) is 4.13. The third-order valence-electron chi connectivity index (χ3n) is 2.54. The van der Waals surface area contributed by atoms with E-state index in [0.29, 0.717) is 5.56 Å². The second kappa shape index (κ2) is 5.40. The predicted octanol–water partition coefficient (Wildman–Crippen LogP) is 0.429. The van der Waals surface area contributed by atoms with E-state index in [0.717, 1.165) is 6.26 Å². The van der Waals surface area contributed by atoms with Crippen LogP contribution in [-0.2, 0) is 19.4 Å². The van der Waals surface area contributed by atoms with Crippen LogP contribution in [0.25, 0.3) is 0 Å². The van der Waals surface area contributed by atoms with Crippen molar-refractivity contribution in [3.63, 3.8) is 0 Å². The molecule has 1 aromatic carbocycles. The Bertz CT molecular complexity index is 621. The average molecular weight is 285 g/mol. The highest BCUT2D eigenvalue weighted by Gasteiger charge is 2.19. The fourth-order valence-corrected chi connectivity index (χ4v) is 1.98. The smallest absolute Gasteiger partial charge is 0.339 e. The van der Waals surface area contributed by atoms with Gasteiger partial charge in [0.25, 0.3) is 5.91 Å². The number of ether oxygens (including phenoxy) is 1. The lowest BCUT2D eigenvalue weighted by Gasteiger charge is -2.11. The summed E-state index contributed by atoms with van der Waals surface area (Å²) >= 11 is 0. The first-order chi connectivity index (χ1) is 8.62. The molecule has 6 nitrogen and oxygen atoms in total. The first-order valence-electron chi connectivity index (χ1n) is 5.44. The van der Waals surface area contributed by atoms with Crippen molar-refractivity contribution in [2.75, 3.05) is 6.26 Å². The maximum atomic E-state index is 11.8. The molecule has 1 amide bonds. The van der Waals surface area contributed by atoms with Crippen molar-refractivity contribution in [2.45, 2.75) is 24.8 Å². The van der Waals surface area contributed by atoms with Crippen LogP contribution in [0.15, 0.2) is 23.1 Å². The monoisotopic (exact) mass is 285 g/mol. The van der Waals surface area contributed by atoms with E-state index in [4.69, 9.17) is 10.5 Å². The topological polar surface area (TPSA) is 104 Å². The van der Waals surface area contributed by atoms with Gasteiger partial charge in [-0.3, -0.25) is 4.79 Å². The van der Waals surface area contributed by atoms with Gasteiger partial charge in [-0.2, -0.15) is 0 Å². The molecule has 0 fully saturated rings. The van der Waals surface area contributed by atoms with Crippen molar-refractivity contribution in [1.29, 1.82) is 0 Å². The van der Waals surface area contributed by atoms with Gasteiger partial charge >= 0.3 is 5.97 Å². The van der Waals surface area contributed by atoms with Crippen LogP contribution in [0, 0.1) is 6.92 Å². The van der Waals surface area contributed by atoms with Crippen LogP contribution in [0.3, 0.4) is 0 Å². The third kappa shape index (κ3) is 3.78. The number of carbonyl (C=O) groups excluding carboxylic acids is 2. The minimum absolute atomic E-state index is 0.0109. The Hall–Kier alpha value is -1.89. The molecule has 0 aliphatic heterocycles. The molecule has 0 heterocycles. The Morgan fingerprint density at radius 3 is 2.37 bits per heavy atom. The number of hydrogen-bond acceptors (Lipinski definition) is 5. The van der Waals surface area contributed by atoms with Gasteiger partial charge < -0.3 is 10.5 Å². The molecule has 0 spiro atoms. The molecule has 0 bridgehead atoms. The van der Waals surface area contributed by atoms with Gasteiger partial charge in [0.15, 0.2) is 15.9 Å². The fourth-order valence-electron chi connectivity index (χ4n) is 1.33. The number of amides is 1. The van der Waals surface area contributed by atoms with Crippen LogP contribution in [-0.4, -0.2) is 32.7 Å². The van der Waals surface area contributed by atoms with E-state index in [2.05, 4.69) is 0 Å². The van der Waals surface area contributed by atoms with E-state index in [-0.39, 0.29) is 10.5 Å². The summed E-state index contributed by atoms with van der Waals surface area (Å²) < 4.78 is 27.7. The van der Waals surface area contributed by atoms with E-state index >= 15 is 0 Å². The molecule has 0 aliphatic rings. The molecular weight excluding hydrogens is 270 g/mol. The quantitative estimate of drug-likeness (QED) is 0.808. The van der Waals surface area contributed by atoms with Gasteiger partial charge in [-0.15, -0.1) is 0 Å². The minimum Gasteiger partial charge on any atom is -0.449 e. The first-order valence-corrected chi connectivity index (χ1v) is 7.33. The maximum absolute atomic E-state index is 11.8. The zero-order valence-corrected chi connectivity index (χ0v) is 11.7. The molecule has 0 radical (unpaired) electrons. The van der Waals surface area contributed by atoms with Crippen molar-refractivity contribution in [3.05, 3.63) is 29.3 Å². The van der Waals surface area contributed by atoms with Crippen molar-refractivity contribution >= 4 is 21.7 Å². The van der Waals surface area contributed by atoms with E-state index in [1.54, 1.807) is 6.92 Å². The molecule has 104 valence electrons. The SMILES string of the molecule is Cc1ccc(S(C)(=O)=O)cc1C(=O)O[C@H](C)C(N)=O. The third-order valence-corrected chi connectivity index (χ3v) is 3.65. The number of nitrogens with two attached hydrogens (primary N) is 1. The number of carbonyl (C=O) groups is 2. The lowest BCUT2D eigenvalue weighted by Crippen LogP contribution is -2.30. The maximum Gasteiger partial charge on any atom is 0.339 e. The zero-order chi connectivity index (χ0) is 14.8. The predicted molar refractivity (Wildman–Crippen MR) is 68.4 cm³/mol. The van der Waals surface area contributed by atoms with Gasteiger partial charge in [0.05, 0.1) is 10.5 Å². The van der Waals surface area contributed by atoms with Crippen LogP contribution >= 0.6 is 0 Å². The minimum atomic E-state index is -3.42. The Balaban J connectivity index is 3.13. The zero-order valence-electron chi connectivity index (χ0n) is 10.8. The second-order valence-electron chi connectivity index (χ2n) is 4.20. The van der Waals surface area contributed by atoms with E-state index in [1.165, 1.54) is 25.1 Å². The molecule has 2 N–H and O–H groups in total. The summed E-state index contributed by atoms with van der Waals surface area (Å²) in [5, 5.41) is 0. The highest BCUT2D eigenvalue weighted by Crippen LogP contribution is 2.17. The Labute approximate surface area is 111 Å². The number of benzene rings is 1. The molecule has 0 saturated heterocycles. The summed E-state index contributed by atoms with van der Waals surface area (Å²) in [5.74, 6) is -1.56. The van der Waals surface area contributed by atoms with Crippen LogP contribution in [0.1, 0.15) is 22.8 Å². The summed E-state index contributed by atoms with van der Waals surface area (Å²) in [7, 11) is -3.42. The van der Waals surface area contributed by atoms with Crippen LogP contribution in [0.5, 0.6) is 0 Å². The second-order valence-corrected chi connectivity index (χ2v) is 6.21. The number of rotatable bonds is 4. The Morgan fingerprint density at radius 2 is 1.89 bits per heavy atom. The van der Waals surface area contributed by atoms with Crippen molar-refractivity contribution < 1.29 is 22.7 Å². The van der Waals surface area contributed by atoms with Crippen molar-refractivity contribution in [3.8, 4) is 0 Å². The summed E-state index contributed by atoms with van der Waals surface area (Å²) in [6.45, 7) is 2.98. The lowest BCUT2D eigenvalue weighted by molar-refractivity contribution is -0.125. The van der Waals surface area contributed by atoms with Gasteiger partial charge in [0.2, 0.25) is 0 Å². The Morgan fingerprint density at radius 1 is 1.32 bits per heavy atom. The molecule has 0 saturated carbocycles. The molecular formula is C12H15NO5S. The summed E-state index contributed by atoms with van der Waals surface area (Å²) in [5.41, 5.74) is 5.63. The summed E-state index contributed by atoms with van der Waals surface area (Å²) in [6.07, 6.45) is -0.0347. The normalized spacial score (nSPS) is 12.8. The molecule has 1 atom stereocenters. The molecule has 1 aromatic rings. The van der Waals surface area contributed by atoms with Gasteiger partial charge in [-0.1, -0.05) is 6.07 Å². The average Bonchev–Trinajstić information content (AvgIpc) is 2.27. The molecule has 19 heavy (non-hydrogen) atoms. The van der Waals surface area contributed by atoms with Gasteiger partial charge in [-0.25, -0.2) is 13.2 Å². The van der Waals surface area contributed by atoms with Crippen LogP contribution < -0.4 is 5.73 Å². The van der Waals surface area contributed by atoms with Crippen molar-refractivity contribution in [1.82, 2.24) is 0 Å². The highest BCUT2D eigenvalue weighted by atomic mass is 32.2. The van der Waals surface area contributed by atoms with Gasteiger partial charge in [0.1, 0.15) is 0 Å². The van der Waals surface area contributed by atoms with E-state index in [1.807, 2.05) is 0 Å². The van der Waals surface area contributed by atoms with Gasteiger partial charge in [0, 0.05) is 6.26 Å². The largest absolute Gasteiger partial charge is 0.449 e. The molecule has 7 heteroatoms. The number of primary amides is 1. The number of aryl methyl sites for hydroxylation is 1.